The zero-order chi connectivity index (χ0) is 7.90. The molecule has 3 nitrogen and oxygen atoms in total. The van der Waals surface area contributed by atoms with Crippen LogP contribution in [0, 0.1) is 12.3 Å². The minimum atomic E-state index is -1.37. The molecule has 0 unspecified atom stereocenters. The highest BCUT2D eigenvalue weighted by atomic mass is 16.7. The Balaban J connectivity index is 2.33. The smallest absolute Gasteiger partial charge is 0.202 e. The highest BCUT2D eigenvalue weighted by Gasteiger charge is 2.43. The minimum absolute atomic E-state index is 0.0337. The molecule has 0 saturated carbocycles. The first-order valence-electron chi connectivity index (χ1n) is 3.41. The second-order valence-electron chi connectivity index (χ2n) is 2.67. The van der Waals surface area contributed by atoms with Crippen molar-refractivity contribution in [2.45, 2.75) is 18.0 Å². The summed E-state index contributed by atoms with van der Waals surface area (Å²) in [6, 6.07) is 0. The van der Waals surface area contributed by atoms with Crippen molar-refractivity contribution in [1.29, 1.82) is 0 Å². The third-order valence-corrected chi connectivity index (χ3v) is 1.87. The van der Waals surface area contributed by atoms with Crippen LogP contribution in [-0.2, 0) is 9.47 Å². The molecule has 58 valence electrons. The van der Waals surface area contributed by atoms with Crippen molar-refractivity contribution < 1.29 is 14.6 Å². The predicted octanol–water partition coefficient (Wildman–Crippen LogP) is -0.338. The second-order valence-corrected chi connectivity index (χ2v) is 2.67. The minimum Gasteiger partial charge on any atom is -0.370 e. The van der Waals surface area contributed by atoms with Crippen LogP contribution in [0.15, 0.2) is 12.2 Å². The highest BCUT2D eigenvalue weighted by molar-refractivity contribution is 5.25. The summed E-state index contributed by atoms with van der Waals surface area (Å²) in [4.78, 5) is 0. The summed E-state index contributed by atoms with van der Waals surface area (Å²) < 4.78 is 10.3. The lowest BCUT2D eigenvalue weighted by molar-refractivity contribution is -0.144. The predicted molar refractivity (Wildman–Crippen MR) is 37.5 cm³/mol. The standard InChI is InChI=1S/C8H8O3/c1-2-8(9)4-3-6-5-10-7(8)11-6/h1,3-4,6-7,9H,5H2/t6-,7+,8+/m0/s1. The Hall–Kier alpha value is -0.820. The summed E-state index contributed by atoms with van der Waals surface area (Å²) in [6.07, 6.45) is 7.68. The Bertz CT molecular complexity index is 240. The van der Waals surface area contributed by atoms with Crippen LogP contribution in [0.1, 0.15) is 0 Å². The fourth-order valence-electron chi connectivity index (χ4n) is 1.20. The van der Waals surface area contributed by atoms with Crippen molar-refractivity contribution in [2.75, 3.05) is 6.61 Å². The molecule has 0 aliphatic carbocycles. The van der Waals surface area contributed by atoms with Crippen LogP contribution in [0.5, 0.6) is 0 Å². The van der Waals surface area contributed by atoms with Crippen LogP contribution < -0.4 is 0 Å². The zero-order valence-corrected chi connectivity index (χ0v) is 5.86. The van der Waals surface area contributed by atoms with Gasteiger partial charge in [0.15, 0.2) is 5.60 Å². The third kappa shape index (κ3) is 0.881. The Labute approximate surface area is 64.6 Å². The molecule has 0 aromatic heterocycles. The van der Waals surface area contributed by atoms with Crippen molar-refractivity contribution in [3.05, 3.63) is 12.2 Å². The molecule has 2 aliphatic rings. The van der Waals surface area contributed by atoms with E-state index in [1.165, 1.54) is 0 Å². The summed E-state index contributed by atoms with van der Waals surface area (Å²) in [5, 5.41) is 9.59. The fraction of sp³-hybridized carbons (Fsp3) is 0.500. The normalized spacial score (nSPS) is 47.3. The van der Waals surface area contributed by atoms with Gasteiger partial charge >= 0.3 is 0 Å². The number of rotatable bonds is 0. The molecule has 0 aromatic carbocycles. The van der Waals surface area contributed by atoms with Gasteiger partial charge in [0.05, 0.1) is 6.61 Å². The average Bonchev–Trinajstić information content (AvgIpc) is 2.44. The molecule has 3 heteroatoms. The molecule has 2 bridgehead atoms. The van der Waals surface area contributed by atoms with E-state index in [-0.39, 0.29) is 6.10 Å². The van der Waals surface area contributed by atoms with Crippen LogP contribution in [0.2, 0.25) is 0 Å². The quantitative estimate of drug-likeness (QED) is 0.381. The van der Waals surface area contributed by atoms with E-state index in [2.05, 4.69) is 5.92 Å². The summed E-state index contributed by atoms with van der Waals surface area (Å²) in [7, 11) is 0. The molecule has 2 rings (SSSR count). The van der Waals surface area contributed by atoms with Crippen LogP contribution in [0.25, 0.3) is 0 Å². The Kier molecular flexibility index (Phi) is 1.30. The van der Waals surface area contributed by atoms with Gasteiger partial charge in [-0.15, -0.1) is 6.42 Å². The first kappa shape index (κ1) is 6.86. The number of fused-ring (bicyclic) bond motifs is 2. The van der Waals surface area contributed by atoms with Gasteiger partial charge in [0.25, 0.3) is 0 Å². The molecular formula is C8H8O3. The lowest BCUT2D eigenvalue weighted by Gasteiger charge is -2.26. The zero-order valence-electron chi connectivity index (χ0n) is 5.86. The maximum absolute atomic E-state index is 9.59. The summed E-state index contributed by atoms with van der Waals surface area (Å²) in [5.41, 5.74) is -1.37. The van der Waals surface area contributed by atoms with Gasteiger partial charge in [0.1, 0.15) is 6.10 Å². The molecule has 11 heavy (non-hydrogen) atoms. The van der Waals surface area contributed by atoms with Crippen LogP contribution in [-0.4, -0.2) is 29.7 Å². The van der Waals surface area contributed by atoms with Crippen LogP contribution in [0.4, 0.5) is 0 Å². The van der Waals surface area contributed by atoms with E-state index in [0.717, 1.165) is 0 Å². The van der Waals surface area contributed by atoms with E-state index in [9.17, 15) is 5.11 Å². The van der Waals surface area contributed by atoms with Crippen molar-refractivity contribution in [2.24, 2.45) is 0 Å². The molecule has 2 aliphatic heterocycles. The van der Waals surface area contributed by atoms with Crippen molar-refractivity contribution in [3.63, 3.8) is 0 Å². The SMILES string of the molecule is C#C[C@@]1(O)C=C[C@H]2CO[C@@H]1O2. The lowest BCUT2D eigenvalue weighted by atomic mass is 10.0. The number of hydrogen-bond donors (Lipinski definition) is 1. The first-order valence-corrected chi connectivity index (χ1v) is 3.41. The third-order valence-electron chi connectivity index (χ3n) is 1.87. The van der Waals surface area contributed by atoms with E-state index in [1.54, 1.807) is 12.2 Å². The van der Waals surface area contributed by atoms with Gasteiger partial charge < -0.3 is 14.6 Å². The molecule has 1 saturated heterocycles. The summed E-state index contributed by atoms with van der Waals surface area (Å²) in [5.74, 6) is 2.23. The number of hydrogen-bond acceptors (Lipinski definition) is 3. The molecule has 0 aromatic rings. The molecule has 0 amide bonds. The molecule has 1 N–H and O–H groups in total. The molecule has 0 radical (unpaired) electrons. The van der Waals surface area contributed by atoms with Crippen molar-refractivity contribution >= 4 is 0 Å². The first-order chi connectivity index (χ1) is 5.24. The number of aliphatic hydroxyl groups is 1. The Morgan fingerprint density at radius 1 is 1.73 bits per heavy atom. The van der Waals surface area contributed by atoms with Gasteiger partial charge in [0.2, 0.25) is 6.29 Å². The molecule has 2 heterocycles. The van der Waals surface area contributed by atoms with E-state index >= 15 is 0 Å². The van der Waals surface area contributed by atoms with Gasteiger partial charge in [-0.25, -0.2) is 0 Å². The summed E-state index contributed by atoms with van der Waals surface area (Å²) >= 11 is 0. The summed E-state index contributed by atoms with van der Waals surface area (Å²) in [6.45, 7) is 0.477. The van der Waals surface area contributed by atoms with Crippen LogP contribution >= 0.6 is 0 Å². The lowest BCUT2D eigenvalue weighted by Crippen LogP contribution is -2.42. The Morgan fingerprint density at radius 3 is 3.27 bits per heavy atom. The van der Waals surface area contributed by atoms with E-state index in [1.807, 2.05) is 0 Å². The Morgan fingerprint density at radius 2 is 2.55 bits per heavy atom. The number of terminal acetylenes is 1. The largest absolute Gasteiger partial charge is 0.370 e. The van der Waals surface area contributed by atoms with Gasteiger partial charge in [-0.05, 0) is 6.08 Å². The maximum Gasteiger partial charge on any atom is 0.202 e. The van der Waals surface area contributed by atoms with Gasteiger partial charge in [0, 0.05) is 0 Å². The van der Waals surface area contributed by atoms with E-state index < -0.39 is 11.9 Å². The van der Waals surface area contributed by atoms with Crippen LogP contribution in [0.3, 0.4) is 0 Å². The number of ether oxygens (including phenoxy) is 2. The molecular weight excluding hydrogens is 144 g/mol. The van der Waals surface area contributed by atoms with Gasteiger partial charge in [-0.1, -0.05) is 12.0 Å². The fourth-order valence-corrected chi connectivity index (χ4v) is 1.20. The molecule has 3 atom stereocenters. The monoisotopic (exact) mass is 152 g/mol. The van der Waals surface area contributed by atoms with Crippen molar-refractivity contribution in [1.82, 2.24) is 0 Å². The molecule has 0 spiro atoms. The van der Waals surface area contributed by atoms with E-state index in [4.69, 9.17) is 15.9 Å². The van der Waals surface area contributed by atoms with Gasteiger partial charge in [-0.2, -0.15) is 0 Å². The topological polar surface area (TPSA) is 38.7 Å². The molecule has 1 fully saturated rings. The van der Waals surface area contributed by atoms with Gasteiger partial charge in [-0.3, -0.25) is 0 Å². The maximum atomic E-state index is 9.59. The second kappa shape index (κ2) is 2.08. The van der Waals surface area contributed by atoms with Crippen molar-refractivity contribution in [3.8, 4) is 12.3 Å². The van der Waals surface area contributed by atoms with E-state index in [0.29, 0.717) is 6.61 Å². The highest BCUT2D eigenvalue weighted by Crippen LogP contribution is 2.28. The average molecular weight is 152 g/mol.